The van der Waals surface area contributed by atoms with Gasteiger partial charge in [-0.2, -0.15) is 0 Å². The van der Waals surface area contributed by atoms with Crippen LogP contribution < -0.4 is 5.73 Å². The van der Waals surface area contributed by atoms with Gasteiger partial charge in [-0.25, -0.2) is 0 Å². The highest BCUT2D eigenvalue weighted by Crippen LogP contribution is 2.45. The van der Waals surface area contributed by atoms with Crippen LogP contribution in [0.1, 0.15) is 78.1 Å². The van der Waals surface area contributed by atoms with E-state index < -0.39 is 0 Å². The quantitative estimate of drug-likeness (QED) is 0.765. The van der Waals surface area contributed by atoms with E-state index in [1.807, 2.05) is 0 Å². The summed E-state index contributed by atoms with van der Waals surface area (Å²) in [4.78, 5) is 0. The summed E-state index contributed by atoms with van der Waals surface area (Å²) in [7, 11) is 0. The van der Waals surface area contributed by atoms with Crippen LogP contribution in [0.4, 0.5) is 0 Å². The Balaban J connectivity index is 1.74. The van der Waals surface area contributed by atoms with E-state index in [1.165, 1.54) is 64.2 Å². The van der Waals surface area contributed by atoms with E-state index >= 15 is 0 Å². The van der Waals surface area contributed by atoms with E-state index in [2.05, 4.69) is 13.8 Å². The zero-order valence-corrected chi connectivity index (χ0v) is 11.9. The van der Waals surface area contributed by atoms with E-state index in [0.29, 0.717) is 11.5 Å². The second-order valence-corrected chi connectivity index (χ2v) is 7.23. The summed E-state index contributed by atoms with van der Waals surface area (Å²) in [6.07, 6.45) is 14.2. The van der Waals surface area contributed by atoms with E-state index in [0.717, 1.165) is 11.8 Å². The summed E-state index contributed by atoms with van der Waals surface area (Å²) in [5, 5.41) is 0. The van der Waals surface area contributed by atoms with Gasteiger partial charge in [0.25, 0.3) is 0 Å². The second-order valence-electron chi connectivity index (χ2n) is 7.23. The van der Waals surface area contributed by atoms with Crippen LogP contribution in [-0.4, -0.2) is 6.04 Å². The molecule has 2 aliphatic rings. The third-order valence-corrected chi connectivity index (χ3v) is 5.49. The monoisotopic (exact) mass is 237 g/mol. The van der Waals surface area contributed by atoms with Gasteiger partial charge in [0.2, 0.25) is 0 Å². The van der Waals surface area contributed by atoms with Crippen molar-refractivity contribution in [1.29, 1.82) is 0 Å². The van der Waals surface area contributed by atoms with Gasteiger partial charge in [-0.3, -0.25) is 0 Å². The summed E-state index contributed by atoms with van der Waals surface area (Å²) in [5.41, 5.74) is 6.98. The molecule has 17 heavy (non-hydrogen) atoms. The second kappa shape index (κ2) is 5.73. The van der Waals surface area contributed by atoms with Crippen LogP contribution in [0.15, 0.2) is 0 Å². The van der Waals surface area contributed by atoms with Crippen molar-refractivity contribution in [1.82, 2.24) is 0 Å². The standard InChI is InChI=1S/C16H31N/c1-16(2)12-6-9-14(16)15(17)11-10-13-7-4-3-5-8-13/h13-15H,3-12,17H2,1-2H3. The minimum Gasteiger partial charge on any atom is -0.327 e. The first-order valence-electron chi connectivity index (χ1n) is 7.85. The maximum atomic E-state index is 6.47. The van der Waals surface area contributed by atoms with Gasteiger partial charge >= 0.3 is 0 Å². The first kappa shape index (κ1) is 13.4. The summed E-state index contributed by atoms with van der Waals surface area (Å²) >= 11 is 0. The molecule has 0 aliphatic heterocycles. The molecule has 2 saturated carbocycles. The Morgan fingerprint density at radius 1 is 1.06 bits per heavy atom. The third-order valence-electron chi connectivity index (χ3n) is 5.49. The zero-order chi connectivity index (χ0) is 12.3. The fourth-order valence-corrected chi connectivity index (χ4v) is 4.25. The zero-order valence-electron chi connectivity index (χ0n) is 11.9. The van der Waals surface area contributed by atoms with E-state index in [4.69, 9.17) is 5.73 Å². The van der Waals surface area contributed by atoms with Crippen molar-refractivity contribution in [3.8, 4) is 0 Å². The van der Waals surface area contributed by atoms with Crippen LogP contribution in [0.25, 0.3) is 0 Å². The predicted molar refractivity (Wildman–Crippen MR) is 74.9 cm³/mol. The molecule has 0 spiro atoms. The van der Waals surface area contributed by atoms with Crippen LogP contribution >= 0.6 is 0 Å². The van der Waals surface area contributed by atoms with Crippen LogP contribution in [0, 0.1) is 17.3 Å². The van der Waals surface area contributed by atoms with Gasteiger partial charge in [0.15, 0.2) is 0 Å². The summed E-state index contributed by atoms with van der Waals surface area (Å²) in [5.74, 6) is 1.78. The topological polar surface area (TPSA) is 26.0 Å². The van der Waals surface area contributed by atoms with Gasteiger partial charge in [-0.1, -0.05) is 52.4 Å². The molecule has 1 heteroatoms. The van der Waals surface area contributed by atoms with E-state index in [1.54, 1.807) is 0 Å². The van der Waals surface area contributed by atoms with Crippen molar-refractivity contribution in [3.63, 3.8) is 0 Å². The van der Waals surface area contributed by atoms with Gasteiger partial charge in [0.05, 0.1) is 0 Å². The average molecular weight is 237 g/mol. The van der Waals surface area contributed by atoms with Crippen LogP contribution in [0.3, 0.4) is 0 Å². The molecule has 0 amide bonds. The van der Waals surface area contributed by atoms with Crippen molar-refractivity contribution in [2.24, 2.45) is 23.0 Å². The maximum Gasteiger partial charge on any atom is 0.00723 e. The number of hydrogen-bond acceptors (Lipinski definition) is 1. The normalized spacial score (nSPS) is 31.6. The molecular weight excluding hydrogens is 206 g/mol. The minimum atomic E-state index is 0.467. The van der Waals surface area contributed by atoms with Crippen molar-refractivity contribution < 1.29 is 0 Å². The lowest BCUT2D eigenvalue weighted by Gasteiger charge is -2.33. The van der Waals surface area contributed by atoms with Crippen LogP contribution in [0.2, 0.25) is 0 Å². The molecule has 0 heterocycles. The minimum absolute atomic E-state index is 0.467. The summed E-state index contributed by atoms with van der Waals surface area (Å²) in [6, 6.07) is 0.467. The maximum absolute atomic E-state index is 6.47. The molecular formula is C16H31N. The fraction of sp³-hybridized carbons (Fsp3) is 1.00. The lowest BCUT2D eigenvalue weighted by molar-refractivity contribution is 0.202. The Morgan fingerprint density at radius 3 is 2.35 bits per heavy atom. The molecule has 0 saturated heterocycles. The average Bonchev–Trinajstić information content (AvgIpc) is 2.67. The third kappa shape index (κ3) is 3.47. The molecule has 2 unspecified atom stereocenters. The SMILES string of the molecule is CC1(C)CCCC1C(N)CCC1CCCCC1. The number of hydrogen-bond donors (Lipinski definition) is 1. The largest absolute Gasteiger partial charge is 0.327 e. The summed E-state index contributed by atoms with van der Waals surface area (Å²) < 4.78 is 0. The Kier molecular flexibility index (Phi) is 4.52. The Bertz CT molecular complexity index is 228. The number of rotatable bonds is 4. The van der Waals surface area contributed by atoms with Gasteiger partial charge in [0.1, 0.15) is 0 Å². The molecule has 0 radical (unpaired) electrons. The van der Waals surface area contributed by atoms with Crippen LogP contribution in [0.5, 0.6) is 0 Å². The molecule has 0 bridgehead atoms. The Labute approximate surface area is 108 Å². The Morgan fingerprint density at radius 2 is 1.76 bits per heavy atom. The van der Waals surface area contributed by atoms with Crippen molar-refractivity contribution in [2.45, 2.75) is 84.1 Å². The van der Waals surface area contributed by atoms with Crippen molar-refractivity contribution in [2.75, 3.05) is 0 Å². The number of nitrogens with two attached hydrogens (primary N) is 1. The first-order valence-corrected chi connectivity index (χ1v) is 7.85. The highest BCUT2D eigenvalue weighted by atomic mass is 14.7. The van der Waals surface area contributed by atoms with E-state index in [9.17, 15) is 0 Å². The molecule has 100 valence electrons. The first-order chi connectivity index (χ1) is 8.09. The molecule has 0 aromatic heterocycles. The van der Waals surface area contributed by atoms with Gasteiger partial charge in [-0.15, -0.1) is 0 Å². The highest BCUT2D eigenvalue weighted by molar-refractivity contribution is 4.91. The molecule has 1 nitrogen and oxygen atoms in total. The lowest BCUT2D eigenvalue weighted by atomic mass is 9.75. The smallest absolute Gasteiger partial charge is 0.00723 e. The van der Waals surface area contributed by atoms with Gasteiger partial charge < -0.3 is 5.73 Å². The Hall–Kier alpha value is -0.0400. The molecule has 2 N–H and O–H groups in total. The molecule has 0 aromatic carbocycles. The summed E-state index contributed by atoms with van der Waals surface area (Å²) in [6.45, 7) is 4.84. The van der Waals surface area contributed by atoms with E-state index in [-0.39, 0.29) is 0 Å². The fourth-order valence-electron chi connectivity index (χ4n) is 4.25. The predicted octanol–water partition coefficient (Wildman–Crippen LogP) is 4.50. The van der Waals surface area contributed by atoms with Crippen molar-refractivity contribution in [3.05, 3.63) is 0 Å². The van der Waals surface area contributed by atoms with Gasteiger partial charge in [0, 0.05) is 6.04 Å². The molecule has 2 fully saturated rings. The highest BCUT2D eigenvalue weighted by Gasteiger charge is 2.37. The lowest BCUT2D eigenvalue weighted by Crippen LogP contribution is -2.36. The van der Waals surface area contributed by atoms with Gasteiger partial charge in [-0.05, 0) is 42.9 Å². The van der Waals surface area contributed by atoms with Crippen LogP contribution in [-0.2, 0) is 0 Å². The molecule has 2 atom stereocenters. The molecule has 2 rings (SSSR count). The molecule has 2 aliphatic carbocycles. The van der Waals surface area contributed by atoms with Crippen molar-refractivity contribution >= 4 is 0 Å². The molecule has 0 aromatic rings.